The molecule has 0 radical (unpaired) electrons. The fourth-order valence-electron chi connectivity index (χ4n) is 5.08. The number of rotatable bonds is 6. The van der Waals surface area contributed by atoms with E-state index < -0.39 is 5.97 Å². The van der Waals surface area contributed by atoms with E-state index in [4.69, 9.17) is 4.74 Å². The summed E-state index contributed by atoms with van der Waals surface area (Å²) >= 11 is 1.36. The Kier molecular flexibility index (Phi) is 8.63. The molecule has 0 aliphatic carbocycles. The van der Waals surface area contributed by atoms with Gasteiger partial charge in [-0.3, -0.25) is 9.59 Å². The fourth-order valence-corrected chi connectivity index (χ4v) is 5.99. The summed E-state index contributed by atoms with van der Waals surface area (Å²) in [5.74, 6) is -0.292. The largest absolute Gasteiger partial charge is 0.452 e. The maximum atomic E-state index is 12.9. The molecular formula is C25H36N2O4S. The van der Waals surface area contributed by atoms with Gasteiger partial charge in [-0.1, -0.05) is 12.1 Å². The van der Waals surface area contributed by atoms with Crippen molar-refractivity contribution >= 4 is 29.5 Å². The molecule has 2 amide bonds. The van der Waals surface area contributed by atoms with Gasteiger partial charge in [0.15, 0.2) is 6.61 Å². The third-order valence-electron chi connectivity index (χ3n) is 6.75. The van der Waals surface area contributed by atoms with E-state index in [0.717, 1.165) is 38.5 Å². The molecule has 0 spiro atoms. The average Bonchev–Trinajstić information content (AvgIpc) is 2.76. The number of hydrogen-bond donors (Lipinski definition) is 0. The van der Waals surface area contributed by atoms with Gasteiger partial charge in [-0.25, -0.2) is 4.79 Å². The molecule has 0 bridgehead atoms. The highest BCUT2D eigenvalue weighted by molar-refractivity contribution is 8.00. The lowest BCUT2D eigenvalue weighted by molar-refractivity contribution is -0.140. The topological polar surface area (TPSA) is 66.9 Å². The number of carbonyl (C=O) groups is 3. The third-order valence-corrected chi connectivity index (χ3v) is 7.81. The highest BCUT2D eigenvalue weighted by atomic mass is 32.2. The number of benzene rings is 1. The Bertz CT molecular complexity index is 810. The number of esters is 1. The van der Waals surface area contributed by atoms with Crippen LogP contribution in [0.25, 0.3) is 0 Å². The molecule has 1 aromatic carbocycles. The van der Waals surface area contributed by atoms with E-state index in [9.17, 15) is 14.4 Å². The zero-order valence-corrected chi connectivity index (χ0v) is 20.5. The molecule has 2 saturated heterocycles. The molecule has 176 valence electrons. The van der Waals surface area contributed by atoms with E-state index in [1.807, 2.05) is 35.8 Å². The molecule has 2 aliphatic heterocycles. The van der Waals surface area contributed by atoms with Crippen LogP contribution in [-0.2, 0) is 14.3 Å². The maximum Gasteiger partial charge on any atom is 0.339 e. The Labute approximate surface area is 196 Å². The van der Waals surface area contributed by atoms with E-state index in [2.05, 4.69) is 13.8 Å². The summed E-state index contributed by atoms with van der Waals surface area (Å²) in [5, 5.41) is 0. The van der Waals surface area contributed by atoms with Crippen molar-refractivity contribution in [3.05, 3.63) is 29.8 Å². The van der Waals surface area contributed by atoms with Gasteiger partial charge in [-0.2, -0.15) is 0 Å². The molecule has 0 saturated carbocycles. The van der Waals surface area contributed by atoms with Gasteiger partial charge in [0, 0.05) is 29.1 Å². The monoisotopic (exact) mass is 460 g/mol. The van der Waals surface area contributed by atoms with E-state index in [1.54, 1.807) is 12.1 Å². The first-order chi connectivity index (χ1) is 15.3. The van der Waals surface area contributed by atoms with Gasteiger partial charge in [0.2, 0.25) is 5.91 Å². The van der Waals surface area contributed by atoms with Crippen molar-refractivity contribution in [1.82, 2.24) is 9.80 Å². The number of thioether (sulfide) groups is 1. The third kappa shape index (κ3) is 5.85. The lowest BCUT2D eigenvalue weighted by Crippen LogP contribution is -2.49. The van der Waals surface area contributed by atoms with Crippen LogP contribution in [0, 0.1) is 0 Å². The number of ether oxygens (including phenoxy) is 1. The van der Waals surface area contributed by atoms with Crippen LogP contribution in [0.5, 0.6) is 0 Å². The smallest absolute Gasteiger partial charge is 0.339 e. The first-order valence-corrected chi connectivity index (χ1v) is 12.8. The Balaban J connectivity index is 1.59. The molecule has 32 heavy (non-hydrogen) atoms. The fraction of sp³-hybridized carbons (Fsp3) is 0.640. The predicted octanol–water partition coefficient (Wildman–Crippen LogP) is 4.51. The van der Waals surface area contributed by atoms with Gasteiger partial charge >= 0.3 is 5.97 Å². The van der Waals surface area contributed by atoms with E-state index >= 15 is 0 Å². The SMILES string of the molecule is C[C@@H]1CCC[C@H](C)N1C(=O)COC(=O)c1ccccc1SCC(=O)N1[C@@H](C)CCC[C@@H]1C. The van der Waals surface area contributed by atoms with Gasteiger partial charge in [-0.05, 0) is 78.4 Å². The molecule has 7 heteroatoms. The van der Waals surface area contributed by atoms with E-state index in [0.29, 0.717) is 10.5 Å². The number of hydrogen-bond acceptors (Lipinski definition) is 5. The van der Waals surface area contributed by atoms with Gasteiger partial charge < -0.3 is 14.5 Å². The maximum absolute atomic E-state index is 12.9. The van der Waals surface area contributed by atoms with E-state index in [-0.39, 0.29) is 48.3 Å². The second-order valence-electron chi connectivity index (χ2n) is 9.22. The molecule has 4 atom stereocenters. The van der Waals surface area contributed by atoms with E-state index in [1.165, 1.54) is 11.8 Å². The van der Waals surface area contributed by atoms with Crippen molar-refractivity contribution in [2.75, 3.05) is 12.4 Å². The molecule has 6 nitrogen and oxygen atoms in total. The Morgan fingerprint density at radius 2 is 1.34 bits per heavy atom. The van der Waals surface area contributed by atoms with Crippen molar-refractivity contribution in [3.8, 4) is 0 Å². The summed E-state index contributed by atoms with van der Waals surface area (Å²) in [6, 6.07) is 7.96. The summed E-state index contributed by atoms with van der Waals surface area (Å²) < 4.78 is 5.40. The zero-order chi connectivity index (χ0) is 23.3. The molecule has 2 aliphatic rings. The van der Waals surface area contributed by atoms with Crippen molar-refractivity contribution in [2.45, 2.75) is 95.3 Å². The van der Waals surface area contributed by atoms with Crippen LogP contribution < -0.4 is 0 Å². The minimum atomic E-state index is -0.522. The number of likely N-dealkylation sites (tertiary alicyclic amines) is 2. The summed E-state index contributed by atoms with van der Waals surface area (Å²) in [5.41, 5.74) is 0.401. The number of nitrogens with zero attached hydrogens (tertiary/aromatic N) is 2. The Hall–Kier alpha value is -2.02. The molecule has 2 fully saturated rings. The quantitative estimate of drug-likeness (QED) is 0.461. The van der Waals surface area contributed by atoms with Gasteiger partial charge in [0.1, 0.15) is 0 Å². The van der Waals surface area contributed by atoms with Crippen LogP contribution in [0.2, 0.25) is 0 Å². The first-order valence-electron chi connectivity index (χ1n) is 11.8. The summed E-state index contributed by atoms with van der Waals surface area (Å²) in [7, 11) is 0. The Morgan fingerprint density at radius 1 is 0.844 bits per heavy atom. The molecule has 0 aromatic heterocycles. The molecular weight excluding hydrogens is 424 g/mol. The van der Waals surface area contributed by atoms with Crippen LogP contribution in [0.4, 0.5) is 0 Å². The predicted molar refractivity (Wildman–Crippen MR) is 127 cm³/mol. The minimum Gasteiger partial charge on any atom is -0.452 e. The lowest BCUT2D eigenvalue weighted by Gasteiger charge is -2.39. The molecule has 0 unspecified atom stereocenters. The highest BCUT2D eigenvalue weighted by Crippen LogP contribution is 2.28. The lowest BCUT2D eigenvalue weighted by atomic mass is 9.97. The molecule has 3 rings (SSSR count). The molecule has 2 heterocycles. The van der Waals surface area contributed by atoms with Crippen molar-refractivity contribution in [3.63, 3.8) is 0 Å². The summed E-state index contributed by atoms with van der Waals surface area (Å²) in [6.45, 7) is 8.04. The van der Waals surface area contributed by atoms with Crippen LogP contribution in [0.15, 0.2) is 29.2 Å². The summed E-state index contributed by atoms with van der Waals surface area (Å²) in [6.07, 6.45) is 6.29. The van der Waals surface area contributed by atoms with Crippen LogP contribution in [0.1, 0.15) is 76.6 Å². The number of carbonyl (C=O) groups excluding carboxylic acids is 3. The second kappa shape index (κ2) is 11.2. The standard InChI is InChI=1S/C25H36N2O4S/c1-17-9-7-10-18(2)26(17)23(28)15-31-25(30)21-13-5-6-14-22(21)32-16-24(29)27-19(3)11-8-12-20(27)4/h5-6,13-14,17-20H,7-12,15-16H2,1-4H3/t17-,18+,19-,20-/m0/s1. The number of amides is 2. The van der Waals surface area contributed by atoms with Crippen molar-refractivity contribution in [1.29, 1.82) is 0 Å². The molecule has 0 N–H and O–H groups in total. The Morgan fingerprint density at radius 3 is 1.91 bits per heavy atom. The van der Waals surface area contributed by atoms with Crippen LogP contribution >= 0.6 is 11.8 Å². The average molecular weight is 461 g/mol. The van der Waals surface area contributed by atoms with Gasteiger partial charge in [-0.15, -0.1) is 11.8 Å². The van der Waals surface area contributed by atoms with Crippen LogP contribution in [-0.4, -0.2) is 64.1 Å². The van der Waals surface area contributed by atoms with Gasteiger partial charge in [0.05, 0.1) is 11.3 Å². The highest BCUT2D eigenvalue weighted by Gasteiger charge is 2.30. The zero-order valence-electron chi connectivity index (χ0n) is 19.7. The summed E-state index contributed by atoms with van der Waals surface area (Å²) in [4.78, 5) is 42.8. The second-order valence-corrected chi connectivity index (χ2v) is 10.2. The molecule has 1 aromatic rings. The normalized spacial score (nSPS) is 26.0. The van der Waals surface area contributed by atoms with Gasteiger partial charge in [0.25, 0.3) is 5.91 Å². The first kappa shape index (κ1) is 24.6. The van der Waals surface area contributed by atoms with Crippen LogP contribution in [0.3, 0.4) is 0 Å². The minimum absolute atomic E-state index is 0.0983. The van der Waals surface area contributed by atoms with Crippen molar-refractivity contribution < 1.29 is 19.1 Å². The number of piperidine rings is 2. The van der Waals surface area contributed by atoms with Crippen molar-refractivity contribution in [2.24, 2.45) is 0 Å².